The maximum atomic E-state index is 8.76. The van der Waals surface area contributed by atoms with Crippen LogP contribution in [0.25, 0.3) is 0 Å². The minimum Gasteiger partial charge on any atom is -0.383 e. The third-order valence-electron chi connectivity index (χ3n) is 1.78. The zero-order chi connectivity index (χ0) is 10.1. The van der Waals surface area contributed by atoms with E-state index in [0.717, 1.165) is 19.6 Å². The first-order chi connectivity index (χ1) is 6.24. The number of nitrogens with zero attached hydrogens (tertiary/aromatic N) is 2. The van der Waals surface area contributed by atoms with Crippen molar-refractivity contribution in [3.63, 3.8) is 0 Å². The lowest BCUT2D eigenvalue weighted by Crippen LogP contribution is -2.39. The molecule has 0 aromatic heterocycles. The molecule has 0 aliphatic rings. The van der Waals surface area contributed by atoms with Gasteiger partial charge < -0.3 is 15.0 Å². The Kier molecular flexibility index (Phi) is 7.60. The Bertz CT molecular complexity index is 155. The first-order valence-corrected chi connectivity index (χ1v) is 4.55. The number of nitriles is 1. The zero-order valence-corrected chi connectivity index (χ0v) is 8.71. The summed E-state index contributed by atoms with van der Waals surface area (Å²) in [6.07, 6.45) is 0. The molecule has 1 unspecified atom stereocenters. The first-order valence-electron chi connectivity index (χ1n) is 4.55. The lowest BCUT2D eigenvalue weighted by atomic mass is 10.3. The maximum Gasteiger partial charge on any atom is 0.108 e. The van der Waals surface area contributed by atoms with E-state index in [-0.39, 0.29) is 6.04 Å². The SMILES string of the molecule is CCNC(C#N)CN(C)CCOC. The smallest absolute Gasteiger partial charge is 0.108 e. The van der Waals surface area contributed by atoms with Crippen molar-refractivity contribution in [1.82, 2.24) is 10.2 Å². The zero-order valence-electron chi connectivity index (χ0n) is 8.71. The van der Waals surface area contributed by atoms with Gasteiger partial charge in [0, 0.05) is 20.2 Å². The first kappa shape index (κ1) is 12.4. The number of hydrogen-bond acceptors (Lipinski definition) is 4. The van der Waals surface area contributed by atoms with E-state index in [4.69, 9.17) is 10.00 Å². The molecule has 0 aliphatic heterocycles. The van der Waals surface area contributed by atoms with Gasteiger partial charge in [0.1, 0.15) is 6.04 Å². The van der Waals surface area contributed by atoms with E-state index in [1.807, 2.05) is 14.0 Å². The summed E-state index contributed by atoms with van der Waals surface area (Å²) in [6, 6.07) is 2.14. The average molecular weight is 185 g/mol. The fourth-order valence-electron chi connectivity index (χ4n) is 1.05. The fraction of sp³-hybridized carbons (Fsp3) is 0.889. The van der Waals surface area contributed by atoms with Crippen molar-refractivity contribution in [1.29, 1.82) is 5.26 Å². The van der Waals surface area contributed by atoms with Gasteiger partial charge in [-0.1, -0.05) is 6.92 Å². The number of nitrogens with one attached hydrogen (secondary N) is 1. The minimum atomic E-state index is -0.0770. The van der Waals surface area contributed by atoms with Gasteiger partial charge in [0.2, 0.25) is 0 Å². The van der Waals surface area contributed by atoms with Crippen molar-refractivity contribution in [3.8, 4) is 6.07 Å². The molecule has 0 saturated carbocycles. The molecule has 0 fully saturated rings. The highest BCUT2D eigenvalue weighted by Crippen LogP contribution is 1.88. The van der Waals surface area contributed by atoms with Gasteiger partial charge in [-0.25, -0.2) is 0 Å². The van der Waals surface area contributed by atoms with E-state index in [1.165, 1.54) is 0 Å². The van der Waals surface area contributed by atoms with Gasteiger partial charge in [0.25, 0.3) is 0 Å². The van der Waals surface area contributed by atoms with Crippen LogP contribution in [0.3, 0.4) is 0 Å². The van der Waals surface area contributed by atoms with Crippen LogP contribution in [0.2, 0.25) is 0 Å². The van der Waals surface area contributed by atoms with Crippen LogP contribution in [0.1, 0.15) is 6.92 Å². The van der Waals surface area contributed by atoms with Gasteiger partial charge in [-0.15, -0.1) is 0 Å². The lowest BCUT2D eigenvalue weighted by molar-refractivity contribution is 0.159. The summed E-state index contributed by atoms with van der Waals surface area (Å²) in [7, 11) is 3.67. The normalized spacial score (nSPS) is 12.8. The third-order valence-corrected chi connectivity index (χ3v) is 1.78. The van der Waals surface area contributed by atoms with Gasteiger partial charge in [0.15, 0.2) is 0 Å². The molecular formula is C9H19N3O. The molecule has 4 nitrogen and oxygen atoms in total. The molecule has 0 saturated heterocycles. The van der Waals surface area contributed by atoms with Crippen molar-refractivity contribution in [2.45, 2.75) is 13.0 Å². The Labute approximate surface area is 80.5 Å². The van der Waals surface area contributed by atoms with Crippen LogP contribution in [0, 0.1) is 11.3 Å². The van der Waals surface area contributed by atoms with E-state index in [9.17, 15) is 0 Å². The number of hydrogen-bond donors (Lipinski definition) is 1. The van der Waals surface area contributed by atoms with Crippen LogP contribution < -0.4 is 5.32 Å². The van der Waals surface area contributed by atoms with Crippen LogP contribution in [0.15, 0.2) is 0 Å². The second-order valence-electron chi connectivity index (χ2n) is 2.99. The summed E-state index contributed by atoms with van der Waals surface area (Å²) < 4.78 is 4.94. The quantitative estimate of drug-likeness (QED) is 0.609. The molecule has 1 N–H and O–H groups in total. The van der Waals surface area contributed by atoms with E-state index in [2.05, 4.69) is 16.3 Å². The molecule has 0 bridgehead atoms. The molecule has 0 heterocycles. The molecular weight excluding hydrogens is 166 g/mol. The Morgan fingerprint density at radius 1 is 1.62 bits per heavy atom. The van der Waals surface area contributed by atoms with Crippen molar-refractivity contribution in [2.75, 3.05) is 40.4 Å². The summed E-state index contributed by atoms with van der Waals surface area (Å²) in [6.45, 7) is 5.14. The van der Waals surface area contributed by atoms with Gasteiger partial charge in [-0.3, -0.25) is 0 Å². The van der Waals surface area contributed by atoms with Gasteiger partial charge in [-0.05, 0) is 13.6 Å². The summed E-state index contributed by atoms with van der Waals surface area (Å²) >= 11 is 0. The molecule has 76 valence electrons. The van der Waals surface area contributed by atoms with Crippen molar-refractivity contribution >= 4 is 0 Å². The Morgan fingerprint density at radius 2 is 2.31 bits per heavy atom. The minimum absolute atomic E-state index is 0.0770. The van der Waals surface area contributed by atoms with Crippen molar-refractivity contribution < 1.29 is 4.74 Å². The molecule has 0 aromatic carbocycles. The summed E-state index contributed by atoms with van der Waals surface area (Å²) in [5, 5.41) is 11.9. The Hall–Kier alpha value is -0.630. The molecule has 0 aliphatic carbocycles. The highest BCUT2D eigenvalue weighted by atomic mass is 16.5. The standard InChI is InChI=1S/C9H19N3O/c1-4-11-9(7-10)8-12(2)5-6-13-3/h9,11H,4-6,8H2,1-3H3. The van der Waals surface area contributed by atoms with E-state index < -0.39 is 0 Å². The Morgan fingerprint density at radius 3 is 2.77 bits per heavy atom. The van der Waals surface area contributed by atoms with E-state index in [0.29, 0.717) is 6.61 Å². The number of rotatable bonds is 7. The molecule has 0 radical (unpaired) electrons. The summed E-state index contributed by atoms with van der Waals surface area (Å²) in [4.78, 5) is 2.08. The molecule has 4 heteroatoms. The second-order valence-corrected chi connectivity index (χ2v) is 2.99. The third kappa shape index (κ3) is 6.52. The predicted octanol–water partition coefficient (Wildman–Crippen LogP) is 0.0663. The molecule has 0 rings (SSSR count). The monoisotopic (exact) mass is 185 g/mol. The second kappa shape index (κ2) is 7.99. The van der Waals surface area contributed by atoms with Crippen molar-refractivity contribution in [3.05, 3.63) is 0 Å². The molecule has 0 spiro atoms. The fourth-order valence-corrected chi connectivity index (χ4v) is 1.05. The Balaban J connectivity index is 3.61. The van der Waals surface area contributed by atoms with E-state index in [1.54, 1.807) is 7.11 Å². The lowest BCUT2D eigenvalue weighted by Gasteiger charge is -2.19. The highest BCUT2D eigenvalue weighted by Gasteiger charge is 2.08. The number of ether oxygens (including phenoxy) is 1. The number of methoxy groups -OCH3 is 1. The summed E-state index contributed by atoms with van der Waals surface area (Å²) in [5.41, 5.74) is 0. The molecule has 0 amide bonds. The highest BCUT2D eigenvalue weighted by molar-refractivity contribution is 4.91. The number of likely N-dealkylation sites (N-methyl/N-ethyl adjacent to an activating group) is 2. The topological polar surface area (TPSA) is 48.3 Å². The van der Waals surface area contributed by atoms with Crippen LogP contribution in [-0.4, -0.2) is 51.3 Å². The van der Waals surface area contributed by atoms with Gasteiger partial charge in [0.05, 0.1) is 12.7 Å². The largest absolute Gasteiger partial charge is 0.383 e. The van der Waals surface area contributed by atoms with Crippen LogP contribution >= 0.6 is 0 Å². The van der Waals surface area contributed by atoms with Crippen LogP contribution in [0.5, 0.6) is 0 Å². The summed E-state index contributed by atoms with van der Waals surface area (Å²) in [5.74, 6) is 0. The maximum absolute atomic E-state index is 8.76. The predicted molar refractivity (Wildman–Crippen MR) is 52.5 cm³/mol. The van der Waals surface area contributed by atoms with Crippen LogP contribution in [-0.2, 0) is 4.74 Å². The van der Waals surface area contributed by atoms with Gasteiger partial charge >= 0.3 is 0 Å². The van der Waals surface area contributed by atoms with Crippen molar-refractivity contribution in [2.24, 2.45) is 0 Å². The van der Waals surface area contributed by atoms with Gasteiger partial charge in [-0.2, -0.15) is 5.26 Å². The molecule has 13 heavy (non-hydrogen) atoms. The van der Waals surface area contributed by atoms with E-state index >= 15 is 0 Å². The molecule has 0 aromatic rings. The molecule has 1 atom stereocenters. The average Bonchev–Trinajstić information content (AvgIpc) is 2.14. The van der Waals surface area contributed by atoms with Crippen LogP contribution in [0.4, 0.5) is 0 Å².